The summed E-state index contributed by atoms with van der Waals surface area (Å²) in [4.78, 5) is 32.8. The molecule has 1 amide bonds. The molecule has 0 fully saturated rings. The second-order valence-electron chi connectivity index (χ2n) is 4.51. The van der Waals surface area contributed by atoms with E-state index in [1.165, 1.54) is 11.3 Å². The van der Waals surface area contributed by atoms with E-state index < -0.39 is 5.97 Å². The monoisotopic (exact) mass is 325 g/mol. The van der Waals surface area contributed by atoms with Crippen LogP contribution in [0.15, 0.2) is 0 Å². The van der Waals surface area contributed by atoms with Gasteiger partial charge < -0.3 is 10.4 Å². The number of aryl methyl sites for hydroxylation is 3. The molecule has 0 unspecified atom stereocenters. The molecule has 0 aliphatic heterocycles. The number of aromatic carboxylic acids is 1. The first-order valence-electron chi connectivity index (χ1n) is 6.26. The first kappa shape index (κ1) is 15.6. The summed E-state index contributed by atoms with van der Waals surface area (Å²) < 4.78 is 0. The van der Waals surface area contributed by atoms with E-state index in [0.29, 0.717) is 9.88 Å². The molecule has 2 aromatic rings. The van der Waals surface area contributed by atoms with Gasteiger partial charge in [-0.05, 0) is 20.8 Å². The maximum absolute atomic E-state index is 11.9. The quantitative estimate of drug-likeness (QED) is 0.878. The van der Waals surface area contributed by atoms with Crippen LogP contribution < -0.4 is 5.32 Å². The van der Waals surface area contributed by atoms with E-state index >= 15 is 0 Å². The zero-order chi connectivity index (χ0) is 15.6. The topological polar surface area (TPSA) is 92.2 Å². The van der Waals surface area contributed by atoms with Crippen LogP contribution >= 0.6 is 22.7 Å². The third-order valence-corrected chi connectivity index (χ3v) is 4.71. The van der Waals surface area contributed by atoms with Crippen molar-refractivity contribution < 1.29 is 14.7 Å². The average Bonchev–Trinajstić information content (AvgIpc) is 2.90. The SMILES string of the molecule is Cc1nc(CC(=O)NCc2nc(C(=O)O)c(C)s2)c(C)s1. The highest BCUT2D eigenvalue weighted by Gasteiger charge is 2.15. The van der Waals surface area contributed by atoms with Crippen LogP contribution in [0.4, 0.5) is 0 Å². The molecule has 0 aliphatic rings. The summed E-state index contributed by atoms with van der Waals surface area (Å²) in [6.07, 6.45) is 0.228. The molecule has 8 heteroatoms. The second kappa shape index (κ2) is 6.31. The predicted octanol–water partition coefficient (Wildman–Crippen LogP) is 2.08. The highest BCUT2D eigenvalue weighted by atomic mass is 32.1. The standard InChI is InChI=1S/C13H15N3O3S2/c1-6-9(15-8(3)20-6)4-10(17)14-5-11-16-12(13(18)19)7(2)21-11/h4-5H2,1-3H3,(H,14,17)(H,18,19). The van der Waals surface area contributed by atoms with Crippen LogP contribution in [0.2, 0.25) is 0 Å². The lowest BCUT2D eigenvalue weighted by Crippen LogP contribution is -2.25. The summed E-state index contributed by atoms with van der Waals surface area (Å²) in [5.41, 5.74) is 0.840. The molecule has 2 N–H and O–H groups in total. The van der Waals surface area contributed by atoms with Crippen molar-refractivity contribution in [2.45, 2.75) is 33.7 Å². The van der Waals surface area contributed by atoms with Crippen LogP contribution in [0.25, 0.3) is 0 Å². The minimum Gasteiger partial charge on any atom is -0.476 e. The number of thiazole rings is 2. The number of hydrogen-bond donors (Lipinski definition) is 2. The molecular formula is C13H15N3O3S2. The molecule has 0 saturated heterocycles. The van der Waals surface area contributed by atoms with Crippen LogP contribution in [-0.4, -0.2) is 27.0 Å². The Bertz CT molecular complexity index is 691. The minimum absolute atomic E-state index is 0.0511. The summed E-state index contributed by atoms with van der Waals surface area (Å²) >= 11 is 2.85. The van der Waals surface area contributed by atoms with E-state index in [2.05, 4.69) is 15.3 Å². The number of nitrogens with zero attached hydrogens (tertiary/aromatic N) is 2. The fourth-order valence-corrected chi connectivity index (χ4v) is 3.55. The number of carboxylic acids is 1. The van der Waals surface area contributed by atoms with Crippen molar-refractivity contribution in [2.75, 3.05) is 0 Å². The minimum atomic E-state index is -1.05. The van der Waals surface area contributed by atoms with Gasteiger partial charge in [0, 0.05) is 9.75 Å². The van der Waals surface area contributed by atoms with E-state index in [4.69, 9.17) is 5.11 Å². The van der Waals surface area contributed by atoms with E-state index in [0.717, 1.165) is 15.6 Å². The van der Waals surface area contributed by atoms with Gasteiger partial charge in [-0.25, -0.2) is 14.8 Å². The van der Waals surface area contributed by atoms with Gasteiger partial charge in [-0.3, -0.25) is 4.79 Å². The molecule has 0 spiro atoms. The van der Waals surface area contributed by atoms with E-state index in [1.807, 2.05) is 13.8 Å². The lowest BCUT2D eigenvalue weighted by atomic mass is 10.2. The van der Waals surface area contributed by atoms with Crippen molar-refractivity contribution >= 4 is 34.6 Å². The Morgan fingerprint density at radius 2 is 1.86 bits per heavy atom. The van der Waals surface area contributed by atoms with Crippen LogP contribution in [0.3, 0.4) is 0 Å². The zero-order valence-corrected chi connectivity index (χ0v) is 13.5. The van der Waals surface area contributed by atoms with E-state index in [9.17, 15) is 9.59 Å². The van der Waals surface area contributed by atoms with Crippen molar-refractivity contribution in [1.82, 2.24) is 15.3 Å². The Kier molecular flexibility index (Phi) is 4.69. The van der Waals surface area contributed by atoms with Crippen molar-refractivity contribution in [3.05, 3.63) is 31.2 Å². The molecule has 2 rings (SSSR count). The van der Waals surface area contributed by atoms with Crippen LogP contribution in [-0.2, 0) is 17.8 Å². The van der Waals surface area contributed by atoms with Crippen LogP contribution in [0.1, 0.15) is 36.0 Å². The predicted molar refractivity (Wildman–Crippen MR) is 80.9 cm³/mol. The summed E-state index contributed by atoms with van der Waals surface area (Å²) in [5.74, 6) is -1.19. The van der Waals surface area contributed by atoms with E-state index in [1.54, 1.807) is 18.3 Å². The van der Waals surface area contributed by atoms with Crippen molar-refractivity contribution in [1.29, 1.82) is 0 Å². The van der Waals surface area contributed by atoms with Gasteiger partial charge in [0.1, 0.15) is 5.01 Å². The maximum atomic E-state index is 11.9. The van der Waals surface area contributed by atoms with Gasteiger partial charge in [0.25, 0.3) is 0 Å². The first-order chi connectivity index (χ1) is 9.86. The molecule has 0 atom stereocenters. The highest BCUT2D eigenvalue weighted by Crippen LogP contribution is 2.18. The van der Waals surface area contributed by atoms with Gasteiger partial charge in [-0.2, -0.15) is 0 Å². The number of aromatic nitrogens is 2. The maximum Gasteiger partial charge on any atom is 0.355 e. The number of carboxylic acid groups (broad SMARTS) is 1. The molecular weight excluding hydrogens is 310 g/mol. The summed E-state index contributed by atoms with van der Waals surface area (Å²) in [7, 11) is 0. The third kappa shape index (κ3) is 3.85. The number of carbonyl (C=O) groups is 2. The second-order valence-corrected chi connectivity index (χ2v) is 7.20. The fourth-order valence-electron chi connectivity index (χ4n) is 1.85. The van der Waals surface area contributed by atoms with Crippen LogP contribution in [0, 0.1) is 20.8 Å². The number of carbonyl (C=O) groups excluding carboxylic acids is 1. The van der Waals surface area contributed by atoms with Gasteiger partial charge >= 0.3 is 5.97 Å². The van der Waals surface area contributed by atoms with Crippen LogP contribution in [0.5, 0.6) is 0 Å². The largest absolute Gasteiger partial charge is 0.476 e. The van der Waals surface area contributed by atoms with Crippen molar-refractivity contribution in [2.24, 2.45) is 0 Å². The summed E-state index contributed by atoms with van der Waals surface area (Å²) in [5, 5.41) is 13.2. The van der Waals surface area contributed by atoms with Crippen molar-refractivity contribution in [3.8, 4) is 0 Å². The molecule has 0 saturated carbocycles. The number of nitrogens with one attached hydrogen (secondary N) is 1. The van der Waals surface area contributed by atoms with Gasteiger partial charge in [0.2, 0.25) is 5.91 Å². The molecule has 0 bridgehead atoms. The normalized spacial score (nSPS) is 10.6. The lowest BCUT2D eigenvalue weighted by Gasteiger charge is -2.02. The van der Waals surface area contributed by atoms with E-state index in [-0.39, 0.29) is 24.6 Å². The zero-order valence-electron chi connectivity index (χ0n) is 11.9. The average molecular weight is 325 g/mol. The van der Waals surface area contributed by atoms with Crippen molar-refractivity contribution in [3.63, 3.8) is 0 Å². The number of rotatable bonds is 5. The molecule has 0 aliphatic carbocycles. The molecule has 6 nitrogen and oxygen atoms in total. The Morgan fingerprint density at radius 1 is 1.14 bits per heavy atom. The van der Waals surface area contributed by atoms with Gasteiger partial charge in [0.15, 0.2) is 5.69 Å². The molecule has 0 aromatic carbocycles. The lowest BCUT2D eigenvalue weighted by molar-refractivity contribution is -0.120. The van der Waals surface area contributed by atoms with Gasteiger partial charge in [-0.1, -0.05) is 0 Å². The Hall–Kier alpha value is -1.80. The number of hydrogen-bond acceptors (Lipinski definition) is 6. The number of amides is 1. The Morgan fingerprint density at radius 3 is 2.38 bits per heavy atom. The molecule has 2 aromatic heterocycles. The van der Waals surface area contributed by atoms with Gasteiger partial charge in [0.05, 0.1) is 23.7 Å². The smallest absolute Gasteiger partial charge is 0.355 e. The molecule has 21 heavy (non-hydrogen) atoms. The molecule has 2 heterocycles. The fraction of sp³-hybridized carbons (Fsp3) is 0.385. The summed E-state index contributed by atoms with van der Waals surface area (Å²) in [6, 6.07) is 0. The van der Waals surface area contributed by atoms with Gasteiger partial charge in [-0.15, -0.1) is 22.7 Å². The Labute approximate surface area is 129 Å². The Balaban J connectivity index is 1.94. The molecule has 112 valence electrons. The summed E-state index contributed by atoms with van der Waals surface area (Å²) in [6.45, 7) is 5.79. The first-order valence-corrected chi connectivity index (χ1v) is 7.89. The highest BCUT2D eigenvalue weighted by molar-refractivity contribution is 7.12. The third-order valence-electron chi connectivity index (χ3n) is 2.81. The molecule has 0 radical (unpaired) electrons.